The van der Waals surface area contributed by atoms with E-state index in [2.05, 4.69) is 10.2 Å². The molecule has 1 aromatic rings. The molecule has 0 aromatic heterocycles. The number of rotatable bonds is 5. The molecule has 2 aliphatic rings. The Hall–Kier alpha value is -0.970. The van der Waals surface area contributed by atoms with Crippen molar-refractivity contribution in [2.75, 3.05) is 19.7 Å². The molecule has 3 rings (SSSR count). The first-order valence-electron chi connectivity index (χ1n) is 7.23. The van der Waals surface area contributed by atoms with Gasteiger partial charge in [0.2, 0.25) is 0 Å². The molecule has 1 aliphatic carbocycles. The summed E-state index contributed by atoms with van der Waals surface area (Å²) in [5.41, 5.74) is 0. The molecule has 1 heterocycles. The van der Waals surface area contributed by atoms with Gasteiger partial charge in [-0.1, -0.05) is 23.2 Å². The summed E-state index contributed by atoms with van der Waals surface area (Å²) in [6, 6.07) is 5.94. The molecular weight excluding hydrogens is 311 g/mol. The molecule has 1 aromatic carbocycles. The Morgan fingerprint density at radius 3 is 2.90 bits per heavy atom. The van der Waals surface area contributed by atoms with Crippen LogP contribution in [-0.2, 0) is 4.79 Å². The van der Waals surface area contributed by atoms with Gasteiger partial charge < -0.3 is 10.1 Å². The van der Waals surface area contributed by atoms with Crippen LogP contribution in [0.25, 0.3) is 0 Å². The molecule has 6 heteroatoms. The van der Waals surface area contributed by atoms with Crippen molar-refractivity contribution in [1.29, 1.82) is 0 Å². The molecule has 1 N–H and O–H groups in total. The van der Waals surface area contributed by atoms with Gasteiger partial charge in [0.05, 0.1) is 5.02 Å². The Balaban J connectivity index is 1.45. The third-order valence-electron chi connectivity index (χ3n) is 3.90. The van der Waals surface area contributed by atoms with Crippen molar-refractivity contribution in [1.82, 2.24) is 10.2 Å². The second-order valence-electron chi connectivity index (χ2n) is 5.64. The molecule has 114 valence electrons. The molecule has 1 amide bonds. The lowest BCUT2D eigenvalue weighted by Gasteiger charge is -2.16. The lowest BCUT2D eigenvalue weighted by molar-refractivity contribution is -0.123. The van der Waals surface area contributed by atoms with E-state index in [1.54, 1.807) is 18.2 Å². The third-order valence-corrected chi connectivity index (χ3v) is 4.45. The first kappa shape index (κ1) is 14.9. The van der Waals surface area contributed by atoms with Crippen molar-refractivity contribution in [3.63, 3.8) is 0 Å². The van der Waals surface area contributed by atoms with Gasteiger partial charge in [-0.3, -0.25) is 9.69 Å². The Kier molecular flexibility index (Phi) is 4.57. The van der Waals surface area contributed by atoms with Gasteiger partial charge in [0.15, 0.2) is 6.61 Å². The summed E-state index contributed by atoms with van der Waals surface area (Å²) in [6.07, 6.45) is 3.62. The van der Waals surface area contributed by atoms with Crippen molar-refractivity contribution in [2.45, 2.75) is 31.3 Å². The molecule has 1 saturated heterocycles. The van der Waals surface area contributed by atoms with Gasteiger partial charge in [0.1, 0.15) is 5.75 Å². The number of halogens is 2. The van der Waals surface area contributed by atoms with E-state index in [0.29, 0.717) is 15.8 Å². The van der Waals surface area contributed by atoms with Crippen molar-refractivity contribution in [2.24, 2.45) is 0 Å². The predicted molar refractivity (Wildman–Crippen MR) is 83.1 cm³/mol. The second kappa shape index (κ2) is 6.42. The average molecular weight is 329 g/mol. The van der Waals surface area contributed by atoms with E-state index in [4.69, 9.17) is 27.9 Å². The van der Waals surface area contributed by atoms with E-state index in [9.17, 15) is 4.79 Å². The van der Waals surface area contributed by atoms with Crippen LogP contribution in [0, 0.1) is 0 Å². The lowest BCUT2D eigenvalue weighted by Crippen LogP contribution is -2.39. The molecule has 1 atom stereocenters. The number of ether oxygens (including phenoxy) is 1. The van der Waals surface area contributed by atoms with Gasteiger partial charge in [-0.15, -0.1) is 0 Å². The number of hydrogen-bond donors (Lipinski definition) is 1. The summed E-state index contributed by atoms with van der Waals surface area (Å²) in [4.78, 5) is 14.4. The van der Waals surface area contributed by atoms with Gasteiger partial charge in [-0.25, -0.2) is 0 Å². The van der Waals surface area contributed by atoms with Crippen LogP contribution in [0.15, 0.2) is 18.2 Å². The molecule has 1 aliphatic heterocycles. The van der Waals surface area contributed by atoms with E-state index >= 15 is 0 Å². The molecule has 2 fully saturated rings. The lowest BCUT2D eigenvalue weighted by atomic mass is 10.2. The highest BCUT2D eigenvalue weighted by Gasteiger charge is 2.34. The number of amides is 1. The summed E-state index contributed by atoms with van der Waals surface area (Å²) in [5.74, 6) is 0.319. The Bertz CT molecular complexity index is 534. The van der Waals surface area contributed by atoms with Crippen LogP contribution in [0.2, 0.25) is 10.0 Å². The first-order valence-corrected chi connectivity index (χ1v) is 7.98. The summed E-state index contributed by atoms with van der Waals surface area (Å²) in [7, 11) is 0. The zero-order chi connectivity index (χ0) is 14.8. The SMILES string of the molecule is O=C(COc1cc(Cl)ccc1Cl)NC1CCN(C2CC2)C1. The Morgan fingerprint density at radius 2 is 2.14 bits per heavy atom. The van der Waals surface area contributed by atoms with Gasteiger partial charge in [0, 0.05) is 36.3 Å². The minimum atomic E-state index is -0.117. The number of likely N-dealkylation sites (tertiary alicyclic amines) is 1. The number of nitrogens with zero attached hydrogens (tertiary/aromatic N) is 1. The standard InChI is InChI=1S/C15H18Cl2N2O2/c16-10-1-4-13(17)14(7-10)21-9-15(20)18-11-5-6-19(8-11)12-2-3-12/h1,4,7,11-12H,2-3,5-6,8-9H2,(H,18,20). The fourth-order valence-electron chi connectivity index (χ4n) is 2.68. The molecule has 21 heavy (non-hydrogen) atoms. The van der Waals surface area contributed by atoms with Crippen molar-refractivity contribution >= 4 is 29.1 Å². The fourth-order valence-corrected chi connectivity index (χ4v) is 3.01. The minimum absolute atomic E-state index is 0.0417. The zero-order valence-corrected chi connectivity index (χ0v) is 13.2. The zero-order valence-electron chi connectivity index (χ0n) is 11.6. The largest absolute Gasteiger partial charge is 0.482 e. The van der Waals surface area contributed by atoms with Gasteiger partial charge in [-0.05, 0) is 31.4 Å². The normalized spacial score (nSPS) is 22.3. The van der Waals surface area contributed by atoms with E-state index in [1.165, 1.54) is 12.8 Å². The molecule has 1 unspecified atom stereocenters. The van der Waals surface area contributed by atoms with Crippen LogP contribution in [0.3, 0.4) is 0 Å². The van der Waals surface area contributed by atoms with Crippen molar-refractivity contribution in [3.8, 4) is 5.75 Å². The number of nitrogens with one attached hydrogen (secondary N) is 1. The molecule has 0 spiro atoms. The van der Waals surface area contributed by atoms with Crippen LogP contribution >= 0.6 is 23.2 Å². The average Bonchev–Trinajstić information content (AvgIpc) is 3.21. The fraction of sp³-hybridized carbons (Fsp3) is 0.533. The van der Waals surface area contributed by atoms with Crippen molar-refractivity contribution in [3.05, 3.63) is 28.2 Å². The van der Waals surface area contributed by atoms with Crippen LogP contribution in [0.5, 0.6) is 5.75 Å². The van der Waals surface area contributed by atoms with E-state index in [-0.39, 0.29) is 18.6 Å². The summed E-state index contributed by atoms with van der Waals surface area (Å²) >= 11 is 11.9. The molecule has 4 nitrogen and oxygen atoms in total. The number of carbonyl (C=O) groups excluding carboxylic acids is 1. The van der Waals surface area contributed by atoms with Gasteiger partial charge in [-0.2, -0.15) is 0 Å². The first-order chi connectivity index (χ1) is 10.1. The number of benzene rings is 1. The highest BCUT2D eigenvalue weighted by molar-refractivity contribution is 6.34. The molecule has 0 bridgehead atoms. The summed E-state index contributed by atoms with van der Waals surface area (Å²) in [6.45, 7) is 1.99. The second-order valence-corrected chi connectivity index (χ2v) is 6.49. The number of hydrogen-bond acceptors (Lipinski definition) is 3. The molecular formula is C15H18Cl2N2O2. The molecule has 1 saturated carbocycles. The maximum Gasteiger partial charge on any atom is 0.258 e. The summed E-state index contributed by atoms with van der Waals surface area (Å²) in [5, 5.41) is 4.00. The monoisotopic (exact) mass is 328 g/mol. The van der Waals surface area contributed by atoms with E-state index in [1.807, 2.05) is 0 Å². The third kappa shape index (κ3) is 4.02. The van der Waals surface area contributed by atoms with E-state index in [0.717, 1.165) is 25.6 Å². The van der Waals surface area contributed by atoms with Gasteiger partial charge >= 0.3 is 0 Å². The summed E-state index contributed by atoms with van der Waals surface area (Å²) < 4.78 is 5.43. The van der Waals surface area contributed by atoms with Crippen LogP contribution in [-0.4, -0.2) is 42.6 Å². The van der Waals surface area contributed by atoms with Gasteiger partial charge in [0.25, 0.3) is 5.91 Å². The highest BCUT2D eigenvalue weighted by atomic mass is 35.5. The maximum atomic E-state index is 11.9. The van der Waals surface area contributed by atoms with Crippen molar-refractivity contribution < 1.29 is 9.53 Å². The topological polar surface area (TPSA) is 41.6 Å². The Morgan fingerprint density at radius 1 is 1.33 bits per heavy atom. The smallest absolute Gasteiger partial charge is 0.258 e. The predicted octanol–water partition coefficient (Wildman–Crippen LogP) is 2.73. The minimum Gasteiger partial charge on any atom is -0.482 e. The highest BCUT2D eigenvalue weighted by Crippen LogP contribution is 2.30. The van der Waals surface area contributed by atoms with E-state index < -0.39 is 0 Å². The number of carbonyl (C=O) groups is 1. The van der Waals surface area contributed by atoms with Crippen LogP contribution < -0.4 is 10.1 Å². The van der Waals surface area contributed by atoms with Crippen LogP contribution in [0.4, 0.5) is 0 Å². The quantitative estimate of drug-likeness (QED) is 0.903. The molecule has 0 radical (unpaired) electrons. The van der Waals surface area contributed by atoms with Crippen LogP contribution in [0.1, 0.15) is 19.3 Å². The maximum absolute atomic E-state index is 11.9. The Labute approximate surface area is 134 Å².